The zero-order valence-electron chi connectivity index (χ0n) is 11.5. The second kappa shape index (κ2) is 5.92. The summed E-state index contributed by atoms with van der Waals surface area (Å²) in [5.74, 6) is 0.377. The molecule has 1 atom stereocenters. The highest BCUT2D eigenvalue weighted by molar-refractivity contribution is 6.04. The topological polar surface area (TPSA) is 76.1 Å². The number of likely N-dealkylation sites (tertiary alicyclic amines) is 1. The van der Waals surface area contributed by atoms with E-state index in [1.165, 1.54) is 0 Å². The van der Waals surface area contributed by atoms with E-state index in [1.54, 1.807) is 26.4 Å². The standard InChI is InChI=1S/C14H17NO5/c1-19-11-4-3-9(7-12(11)20-2)5-6-15-13(17)8-10(16)14(15)18/h3-4,7,10,16H,5-6,8H2,1-2H3. The lowest BCUT2D eigenvalue weighted by Gasteiger charge is -2.14. The molecule has 1 aromatic carbocycles. The third-order valence-corrected chi connectivity index (χ3v) is 3.29. The normalized spacial score (nSPS) is 18.6. The number of nitrogens with zero attached hydrogens (tertiary/aromatic N) is 1. The lowest BCUT2D eigenvalue weighted by atomic mass is 10.1. The van der Waals surface area contributed by atoms with Crippen LogP contribution in [0.15, 0.2) is 18.2 Å². The van der Waals surface area contributed by atoms with Gasteiger partial charge in [-0.3, -0.25) is 14.5 Å². The molecular formula is C14H17NO5. The van der Waals surface area contributed by atoms with Crippen LogP contribution >= 0.6 is 0 Å². The molecule has 6 heteroatoms. The molecule has 2 rings (SSSR count). The first kappa shape index (κ1) is 14.3. The summed E-state index contributed by atoms with van der Waals surface area (Å²) >= 11 is 0. The molecule has 108 valence electrons. The molecule has 1 heterocycles. The molecule has 0 radical (unpaired) electrons. The number of imide groups is 1. The van der Waals surface area contributed by atoms with Gasteiger partial charge in [-0.15, -0.1) is 0 Å². The summed E-state index contributed by atoms with van der Waals surface area (Å²) in [6.45, 7) is 0.254. The number of ether oxygens (including phenoxy) is 2. The fraction of sp³-hybridized carbons (Fsp3) is 0.429. The minimum atomic E-state index is -1.19. The van der Waals surface area contributed by atoms with Crippen molar-refractivity contribution in [1.82, 2.24) is 4.90 Å². The van der Waals surface area contributed by atoms with Crippen molar-refractivity contribution in [2.75, 3.05) is 20.8 Å². The molecular weight excluding hydrogens is 262 g/mol. The first-order chi connectivity index (χ1) is 9.56. The molecule has 20 heavy (non-hydrogen) atoms. The maximum atomic E-state index is 11.6. The zero-order chi connectivity index (χ0) is 14.7. The van der Waals surface area contributed by atoms with Gasteiger partial charge in [-0.1, -0.05) is 6.07 Å². The smallest absolute Gasteiger partial charge is 0.258 e. The van der Waals surface area contributed by atoms with Crippen LogP contribution in [-0.4, -0.2) is 48.7 Å². The van der Waals surface area contributed by atoms with Crippen molar-refractivity contribution in [3.8, 4) is 11.5 Å². The Morgan fingerprint density at radius 1 is 1.25 bits per heavy atom. The van der Waals surface area contributed by atoms with Crippen LogP contribution in [-0.2, 0) is 16.0 Å². The van der Waals surface area contributed by atoms with Gasteiger partial charge >= 0.3 is 0 Å². The van der Waals surface area contributed by atoms with Crippen molar-refractivity contribution in [3.05, 3.63) is 23.8 Å². The first-order valence-electron chi connectivity index (χ1n) is 6.30. The molecule has 1 unspecified atom stereocenters. The van der Waals surface area contributed by atoms with Crippen molar-refractivity contribution < 1.29 is 24.2 Å². The van der Waals surface area contributed by atoms with E-state index < -0.39 is 12.0 Å². The summed E-state index contributed by atoms with van der Waals surface area (Å²) in [5.41, 5.74) is 0.921. The number of aliphatic hydroxyl groups excluding tert-OH is 1. The molecule has 1 aliphatic rings. The van der Waals surface area contributed by atoms with Gasteiger partial charge in [0.25, 0.3) is 5.91 Å². The lowest BCUT2D eigenvalue weighted by molar-refractivity contribution is -0.140. The van der Waals surface area contributed by atoms with Crippen molar-refractivity contribution in [3.63, 3.8) is 0 Å². The fourth-order valence-corrected chi connectivity index (χ4v) is 2.18. The molecule has 0 spiro atoms. The van der Waals surface area contributed by atoms with Gasteiger partial charge in [0.15, 0.2) is 11.5 Å². The summed E-state index contributed by atoms with van der Waals surface area (Å²) in [6, 6.07) is 5.43. The Morgan fingerprint density at radius 2 is 1.95 bits per heavy atom. The van der Waals surface area contributed by atoms with Crippen LogP contribution < -0.4 is 9.47 Å². The molecule has 1 aromatic rings. The Kier molecular flexibility index (Phi) is 4.24. The van der Waals surface area contributed by atoms with Crippen LogP contribution in [0.1, 0.15) is 12.0 Å². The van der Waals surface area contributed by atoms with E-state index >= 15 is 0 Å². The van der Waals surface area contributed by atoms with E-state index in [1.807, 2.05) is 6.07 Å². The van der Waals surface area contributed by atoms with Crippen LogP contribution in [0.25, 0.3) is 0 Å². The number of methoxy groups -OCH3 is 2. The van der Waals surface area contributed by atoms with Gasteiger partial charge in [0, 0.05) is 6.54 Å². The largest absolute Gasteiger partial charge is 0.493 e. The first-order valence-corrected chi connectivity index (χ1v) is 6.30. The average molecular weight is 279 g/mol. The molecule has 2 amide bonds. The predicted octanol–water partition coefficient (Wildman–Crippen LogP) is 0.366. The van der Waals surface area contributed by atoms with Gasteiger partial charge in [0.2, 0.25) is 5.91 Å². The van der Waals surface area contributed by atoms with Crippen LogP contribution in [0.3, 0.4) is 0 Å². The van der Waals surface area contributed by atoms with Crippen molar-refractivity contribution in [2.45, 2.75) is 18.9 Å². The van der Waals surface area contributed by atoms with E-state index in [2.05, 4.69) is 0 Å². The minimum Gasteiger partial charge on any atom is -0.493 e. The molecule has 0 saturated carbocycles. The highest BCUT2D eigenvalue weighted by Gasteiger charge is 2.36. The van der Waals surface area contributed by atoms with Gasteiger partial charge in [0.05, 0.1) is 20.6 Å². The van der Waals surface area contributed by atoms with Crippen molar-refractivity contribution >= 4 is 11.8 Å². The number of carbonyl (C=O) groups excluding carboxylic acids is 2. The maximum absolute atomic E-state index is 11.6. The fourth-order valence-electron chi connectivity index (χ4n) is 2.18. The molecule has 0 bridgehead atoms. The Labute approximate surface area is 116 Å². The maximum Gasteiger partial charge on any atom is 0.258 e. The predicted molar refractivity (Wildman–Crippen MR) is 70.6 cm³/mol. The monoisotopic (exact) mass is 279 g/mol. The quantitative estimate of drug-likeness (QED) is 0.788. The molecule has 1 aliphatic heterocycles. The molecule has 1 fully saturated rings. The third kappa shape index (κ3) is 2.75. The number of rotatable bonds is 5. The summed E-state index contributed by atoms with van der Waals surface area (Å²) in [5, 5.41) is 9.34. The Bertz CT molecular complexity index is 528. The number of carbonyl (C=O) groups is 2. The van der Waals surface area contributed by atoms with Gasteiger partial charge in [0.1, 0.15) is 6.10 Å². The molecule has 1 saturated heterocycles. The Morgan fingerprint density at radius 3 is 2.50 bits per heavy atom. The van der Waals surface area contributed by atoms with Crippen molar-refractivity contribution in [1.29, 1.82) is 0 Å². The third-order valence-electron chi connectivity index (χ3n) is 3.29. The van der Waals surface area contributed by atoms with Crippen molar-refractivity contribution in [2.24, 2.45) is 0 Å². The van der Waals surface area contributed by atoms with Gasteiger partial charge in [-0.2, -0.15) is 0 Å². The summed E-state index contributed by atoms with van der Waals surface area (Å²) in [4.78, 5) is 24.2. The second-order valence-corrected chi connectivity index (χ2v) is 4.54. The van der Waals surface area contributed by atoms with Gasteiger partial charge in [-0.25, -0.2) is 0 Å². The second-order valence-electron chi connectivity index (χ2n) is 4.54. The van der Waals surface area contributed by atoms with E-state index in [-0.39, 0.29) is 18.9 Å². The molecule has 0 aliphatic carbocycles. The van der Waals surface area contributed by atoms with Crippen LogP contribution in [0.5, 0.6) is 11.5 Å². The van der Waals surface area contributed by atoms with Crippen LogP contribution in [0.2, 0.25) is 0 Å². The van der Waals surface area contributed by atoms with Gasteiger partial charge in [-0.05, 0) is 24.1 Å². The number of hydrogen-bond acceptors (Lipinski definition) is 5. The molecule has 6 nitrogen and oxygen atoms in total. The van der Waals surface area contributed by atoms with E-state index in [0.717, 1.165) is 10.5 Å². The molecule has 1 N–H and O–H groups in total. The average Bonchev–Trinajstić information content (AvgIpc) is 2.70. The Balaban J connectivity index is 2.04. The van der Waals surface area contributed by atoms with E-state index in [9.17, 15) is 14.7 Å². The van der Waals surface area contributed by atoms with E-state index in [4.69, 9.17) is 9.47 Å². The Hall–Kier alpha value is -2.08. The SMILES string of the molecule is COc1ccc(CCN2C(=O)CC(O)C2=O)cc1OC. The summed E-state index contributed by atoms with van der Waals surface area (Å²) in [6.07, 6.45) is -0.803. The molecule has 0 aromatic heterocycles. The highest BCUT2D eigenvalue weighted by Crippen LogP contribution is 2.28. The lowest BCUT2D eigenvalue weighted by Crippen LogP contribution is -2.33. The zero-order valence-corrected chi connectivity index (χ0v) is 11.5. The number of benzene rings is 1. The van der Waals surface area contributed by atoms with Crippen LogP contribution in [0, 0.1) is 0 Å². The summed E-state index contributed by atoms with van der Waals surface area (Å²) in [7, 11) is 3.10. The number of aliphatic hydroxyl groups is 1. The highest BCUT2D eigenvalue weighted by atomic mass is 16.5. The van der Waals surface area contributed by atoms with E-state index in [0.29, 0.717) is 17.9 Å². The van der Waals surface area contributed by atoms with Crippen LogP contribution in [0.4, 0.5) is 0 Å². The van der Waals surface area contributed by atoms with Gasteiger partial charge < -0.3 is 14.6 Å². The summed E-state index contributed by atoms with van der Waals surface area (Å²) < 4.78 is 10.3. The minimum absolute atomic E-state index is 0.120. The number of amides is 2. The number of hydrogen-bond donors (Lipinski definition) is 1.